The van der Waals surface area contributed by atoms with E-state index in [4.69, 9.17) is 23.1 Å². The zero-order valence-corrected chi connectivity index (χ0v) is 12.8. The van der Waals surface area contributed by atoms with Crippen LogP contribution in [0.4, 0.5) is 0 Å². The highest BCUT2D eigenvalue weighted by Crippen LogP contribution is 2.21. The number of rotatable bonds is 4. The molecular formula is C17H16N4S. The Morgan fingerprint density at radius 3 is 2.32 bits per heavy atom. The zero-order valence-electron chi connectivity index (χ0n) is 11.9. The lowest BCUT2D eigenvalue weighted by Crippen LogP contribution is -2.29. The molecule has 0 saturated heterocycles. The molecule has 0 bridgehead atoms. The van der Waals surface area contributed by atoms with Gasteiger partial charge >= 0.3 is 0 Å². The maximum absolute atomic E-state index is 5.54. The van der Waals surface area contributed by atoms with E-state index < -0.39 is 0 Å². The summed E-state index contributed by atoms with van der Waals surface area (Å²) in [5.41, 5.74) is 9.54. The van der Waals surface area contributed by atoms with Gasteiger partial charge in [0.05, 0.1) is 23.6 Å². The van der Waals surface area contributed by atoms with Crippen molar-refractivity contribution in [2.45, 2.75) is 6.54 Å². The summed E-state index contributed by atoms with van der Waals surface area (Å²) < 4.78 is 1.91. The third kappa shape index (κ3) is 3.15. The highest BCUT2D eigenvalue weighted by atomic mass is 32.1. The molecule has 5 heteroatoms. The van der Waals surface area contributed by atoms with Crippen LogP contribution < -0.4 is 11.1 Å². The molecule has 1 heterocycles. The summed E-state index contributed by atoms with van der Waals surface area (Å²) in [6, 6.07) is 22.1. The van der Waals surface area contributed by atoms with Crippen LogP contribution in [-0.2, 0) is 6.54 Å². The lowest BCUT2D eigenvalue weighted by molar-refractivity contribution is 0.771. The minimum Gasteiger partial charge on any atom is -0.376 e. The normalized spacial score (nSPS) is 10.4. The molecule has 3 aromatic rings. The molecule has 0 aliphatic heterocycles. The van der Waals surface area contributed by atoms with Gasteiger partial charge in [-0.15, -0.1) is 0 Å². The van der Waals surface area contributed by atoms with Crippen LogP contribution in [0.3, 0.4) is 0 Å². The van der Waals surface area contributed by atoms with E-state index in [2.05, 4.69) is 5.32 Å². The average Bonchev–Trinajstić information content (AvgIpc) is 2.99. The smallest absolute Gasteiger partial charge is 0.163 e. The molecule has 0 saturated carbocycles. The molecule has 0 radical (unpaired) electrons. The van der Waals surface area contributed by atoms with Gasteiger partial charge in [0.15, 0.2) is 5.11 Å². The van der Waals surface area contributed by atoms with E-state index >= 15 is 0 Å². The van der Waals surface area contributed by atoms with E-state index in [-0.39, 0.29) is 5.11 Å². The van der Waals surface area contributed by atoms with Crippen LogP contribution in [0.25, 0.3) is 16.9 Å². The first kappa shape index (κ1) is 14.3. The van der Waals surface area contributed by atoms with Crippen LogP contribution in [0.2, 0.25) is 0 Å². The maximum Gasteiger partial charge on any atom is 0.163 e. The summed E-state index contributed by atoms with van der Waals surface area (Å²) in [6.07, 6.45) is 0. The molecule has 0 fully saturated rings. The number of hydrogen-bond acceptors (Lipinski definition) is 2. The van der Waals surface area contributed by atoms with Gasteiger partial charge in [-0.3, -0.25) is 0 Å². The Morgan fingerprint density at radius 2 is 1.68 bits per heavy atom. The van der Waals surface area contributed by atoms with E-state index in [1.807, 2.05) is 71.4 Å². The van der Waals surface area contributed by atoms with Crippen molar-refractivity contribution < 1.29 is 0 Å². The van der Waals surface area contributed by atoms with Gasteiger partial charge in [-0.05, 0) is 30.4 Å². The van der Waals surface area contributed by atoms with Gasteiger partial charge in [0.1, 0.15) is 0 Å². The van der Waals surface area contributed by atoms with Gasteiger partial charge in [-0.1, -0.05) is 48.5 Å². The first-order valence-electron chi connectivity index (χ1n) is 6.97. The average molecular weight is 308 g/mol. The number of nitrogens with one attached hydrogen (secondary N) is 1. The van der Waals surface area contributed by atoms with Crippen molar-refractivity contribution in [3.8, 4) is 16.9 Å². The monoisotopic (exact) mass is 308 g/mol. The van der Waals surface area contributed by atoms with E-state index in [0.29, 0.717) is 6.54 Å². The van der Waals surface area contributed by atoms with Crippen molar-refractivity contribution in [2.75, 3.05) is 0 Å². The molecule has 0 aliphatic rings. The molecule has 0 aliphatic carbocycles. The highest BCUT2D eigenvalue weighted by Gasteiger charge is 2.11. The Hall–Kier alpha value is -2.66. The highest BCUT2D eigenvalue weighted by molar-refractivity contribution is 7.80. The molecule has 110 valence electrons. The summed E-state index contributed by atoms with van der Waals surface area (Å²) >= 11 is 4.89. The van der Waals surface area contributed by atoms with E-state index in [1.54, 1.807) is 0 Å². The van der Waals surface area contributed by atoms with Crippen molar-refractivity contribution in [3.05, 3.63) is 72.4 Å². The quantitative estimate of drug-likeness (QED) is 0.728. The number of nitrogens with zero attached hydrogens (tertiary/aromatic N) is 2. The van der Waals surface area contributed by atoms with Crippen molar-refractivity contribution in [3.63, 3.8) is 0 Å². The predicted molar refractivity (Wildman–Crippen MR) is 92.6 cm³/mol. The molecule has 22 heavy (non-hydrogen) atoms. The molecular weight excluding hydrogens is 292 g/mol. The Labute approximate surface area is 134 Å². The lowest BCUT2D eigenvalue weighted by Gasteiger charge is -2.08. The van der Waals surface area contributed by atoms with Gasteiger partial charge < -0.3 is 11.1 Å². The Bertz CT molecular complexity index is 766. The molecule has 3 N–H and O–H groups in total. The van der Waals surface area contributed by atoms with Gasteiger partial charge in [0.25, 0.3) is 0 Å². The second kappa shape index (κ2) is 6.41. The van der Waals surface area contributed by atoms with Crippen molar-refractivity contribution in [1.82, 2.24) is 15.1 Å². The third-order valence-corrected chi connectivity index (χ3v) is 3.44. The standard InChI is InChI=1S/C17H16N4S/c18-17(22)19-12-15-11-16(13-7-3-1-4-8-13)20-21(15)14-9-5-2-6-10-14/h1-11H,12H2,(H3,18,19,22). The molecule has 0 spiro atoms. The summed E-state index contributed by atoms with van der Waals surface area (Å²) in [4.78, 5) is 0. The first-order chi connectivity index (χ1) is 10.7. The van der Waals surface area contributed by atoms with Crippen LogP contribution in [0, 0.1) is 0 Å². The fraction of sp³-hybridized carbons (Fsp3) is 0.0588. The Kier molecular flexibility index (Phi) is 4.16. The molecule has 3 rings (SSSR count). The number of para-hydroxylation sites is 1. The van der Waals surface area contributed by atoms with Gasteiger partial charge in [-0.2, -0.15) is 5.10 Å². The lowest BCUT2D eigenvalue weighted by atomic mass is 10.1. The summed E-state index contributed by atoms with van der Waals surface area (Å²) in [5.74, 6) is 0. The molecule has 1 aromatic heterocycles. The second-order valence-electron chi connectivity index (χ2n) is 4.85. The molecule has 2 aromatic carbocycles. The largest absolute Gasteiger partial charge is 0.376 e. The molecule has 0 unspecified atom stereocenters. The fourth-order valence-corrected chi connectivity index (χ4v) is 2.34. The van der Waals surface area contributed by atoms with Gasteiger partial charge in [0.2, 0.25) is 0 Å². The minimum atomic E-state index is 0.280. The van der Waals surface area contributed by atoms with Crippen LogP contribution >= 0.6 is 12.2 Å². The number of nitrogens with two attached hydrogens (primary N) is 1. The van der Waals surface area contributed by atoms with Crippen molar-refractivity contribution in [2.24, 2.45) is 5.73 Å². The number of aromatic nitrogens is 2. The second-order valence-corrected chi connectivity index (χ2v) is 5.29. The SMILES string of the molecule is NC(=S)NCc1cc(-c2ccccc2)nn1-c1ccccc1. The summed E-state index contributed by atoms with van der Waals surface area (Å²) in [6.45, 7) is 0.532. The number of thiocarbonyl (C=S) groups is 1. The Morgan fingerprint density at radius 1 is 1.05 bits per heavy atom. The Balaban J connectivity index is 2.03. The maximum atomic E-state index is 5.54. The van der Waals surface area contributed by atoms with Crippen molar-refractivity contribution in [1.29, 1.82) is 0 Å². The topological polar surface area (TPSA) is 55.9 Å². The van der Waals surface area contributed by atoms with E-state index in [1.165, 1.54) is 0 Å². The van der Waals surface area contributed by atoms with Crippen molar-refractivity contribution >= 4 is 17.3 Å². The molecule has 4 nitrogen and oxygen atoms in total. The van der Waals surface area contributed by atoms with E-state index in [9.17, 15) is 0 Å². The molecule has 0 atom stereocenters. The number of benzene rings is 2. The van der Waals surface area contributed by atoms with Crippen LogP contribution in [0.15, 0.2) is 66.7 Å². The van der Waals surface area contributed by atoms with Gasteiger partial charge in [-0.25, -0.2) is 4.68 Å². The van der Waals surface area contributed by atoms with E-state index in [0.717, 1.165) is 22.6 Å². The minimum absolute atomic E-state index is 0.280. The van der Waals surface area contributed by atoms with Crippen LogP contribution in [0.1, 0.15) is 5.69 Å². The fourth-order valence-electron chi connectivity index (χ4n) is 2.27. The predicted octanol–water partition coefficient (Wildman–Crippen LogP) is 2.87. The van der Waals surface area contributed by atoms with Crippen LogP contribution in [-0.4, -0.2) is 14.9 Å². The van der Waals surface area contributed by atoms with Gasteiger partial charge in [0, 0.05) is 5.56 Å². The third-order valence-electron chi connectivity index (χ3n) is 3.30. The zero-order chi connectivity index (χ0) is 15.4. The number of hydrogen-bond donors (Lipinski definition) is 2. The molecule has 0 amide bonds. The first-order valence-corrected chi connectivity index (χ1v) is 7.38. The summed E-state index contributed by atoms with van der Waals surface area (Å²) in [7, 11) is 0. The van der Waals surface area contributed by atoms with Crippen LogP contribution in [0.5, 0.6) is 0 Å². The summed E-state index contributed by atoms with van der Waals surface area (Å²) in [5, 5.41) is 7.99.